The maximum atomic E-state index is 13.3. The van der Waals surface area contributed by atoms with Crippen LogP contribution in [0.1, 0.15) is 22.3 Å². The van der Waals surface area contributed by atoms with Gasteiger partial charge in [0.05, 0.1) is 9.85 Å². The molecule has 0 N–H and O–H groups in total. The molecule has 0 radical (unpaired) electrons. The predicted octanol–water partition coefficient (Wildman–Crippen LogP) is 5.36. The van der Waals surface area contributed by atoms with E-state index in [2.05, 4.69) is 17.0 Å². The van der Waals surface area contributed by atoms with Crippen LogP contribution in [0.5, 0.6) is 0 Å². The number of ketones is 1. The summed E-state index contributed by atoms with van der Waals surface area (Å²) in [5.74, 6) is -0.109. The minimum atomic E-state index is -0.461. The van der Waals surface area contributed by atoms with Crippen LogP contribution in [0.3, 0.4) is 0 Å². The second-order valence-electron chi connectivity index (χ2n) is 8.50. The van der Waals surface area contributed by atoms with Gasteiger partial charge in [0.2, 0.25) is 0 Å². The van der Waals surface area contributed by atoms with E-state index < -0.39 is 9.85 Å². The highest BCUT2D eigenvalue weighted by molar-refractivity contribution is 6.14. The Bertz CT molecular complexity index is 1250. The molecule has 4 rings (SSSR count). The van der Waals surface area contributed by atoms with Crippen LogP contribution in [-0.4, -0.2) is 33.6 Å². The number of nitrogens with zero attached hydrogens (tertiary/aromatic N) is 3. The SMILES string of the molecule is Cc1ccc(CN2CC(=Cc3ccc([N+](=O)[O-])cc3)C(=O)C(=Cc3ccc([N+](=O)[O-])cc3)C2)cc1. The summed E-state index contributed by atoms with van der Waals surface area (Å²) in [6.07, 6.45) is 3.52. The Morgan fingerprint density at radius 1 is 0.743 bits per heavy atom. The van der Waals surface area contributed by atoms with Gasteiger partial charge in [0.15, 0.2) is 5.78 Å². The lowest BCUT2D eigenvalue weighted by atomic mass is 9.93. The van der Waals surface area contributed by atoms with E-state index in [0.29, 0.717) is 41.9 Å². The average Bonchev–Trinajstić information content (AvgIpc) is 2.84. The Morgan fingerprint density at radius 2 is 1.17 bits per heavy atom. The van der Waals surface area contributed by atoms with Crippen LogP contribution < -0.4 is 0 Å². The number of carbonyl (C=O) groups excluding carboxylic acids is 1. The summed E-state index contributed by atoms with van der Waals surface area (Å²) in [4.78, 5) is 36.5. The molecular formula is C27H23N3O5. The Balaban J connectivity index is 1.66. The number of Topliss-reactive ketones (excluding diaryl/α,β-unsaturated/α-hetero) is 1. The van der Waals surface area contributed by atoms with Crippen molar-refractivity contribution in [2.45, 2.75) is 13.5 Å². The molecule has 0 aromatic heterocycles. The molecule has 1 saturated heterocycles. The molecule has 1 heterocycles. The van der Waals surface area contributed by atoms with Crippen molar-refractivity contribution in [3.8, 4) is 0 Å². The Hall–Kier alpha value is -4.43. The van der Waals surface area contributed by atoms with E-state index in [-0.39, 0.29) is 17.2 Å². The maximum Gasteiger partial charge on any atom is 0.269 e. The summed E-state index contributed by atoms with van der Waals surface area (Å²) >= 11 is 0. The van der Waals surface area contributed by atoms with Crippen LogP contribution in [0.25, 0.3) is 12.2 Å². The molecule has 35 heavy (non-hydrogen) atoms. The molecule has 1 fully saturated rings. The third-order valence-corrected chi connectivity index (χ3v) is 5.79. The van der Waals surface area contributed by atoms with E-state index >= 15 is 0 Å². The summed E-state index contributed by atoms with van der Waals surface area (Å²) in [5.41, 5.74) is 4.81. The largest absolute Gasteiger partial charge is 0.290 e. The first-order chi connectivity index (χ1) is 16.8. The summed E-state index contributed by atoms with van der Waals surface area (Å²) in [6.45, 7) is 3.53. The van der Waals surface area contributed by atoms with Gasteiger partial charge in [-0.25, -0.2) is 0 Å². The molecular weight excluding hydrogens is 446 g/mol. The second-order valence-corrected chi connectivity index (χ2v) is 8.50. The number of non-ortho nitro benzene ring substituents is 2. The van der Waals surface area contributed by atoms with Crippen LogP contribution in [-0.2, 0) is 11.3 Å². The number of benzene rings is 3. The normalized spacial score (nSPS) is 16.5. The van der Waals surface area contributed by atoms with Gasteiger partial charge in [-0.05, 0) is 60.0 Å². The van der Waals surface area contributed by atoms with Gasteiger partial charge in [-0.1, -0.05) is 29.8 Å². The van der Waals surface area contributed by atoms with Gasteiger partial charge in [0.1, 0.15) is 0 Å². The predicted molar refractivity (Wildman–Crippen MR) is 134 cm³/mol. The van der Waals surface area contributed by atoms with Crippen molar-refractivity contribution in [2.75, 3.05) is 13.1 Å². The highest BCUT2D eigenvalue weighted by atomic mass is 16.6. The summed E-state index contributed by atoms with van der Waals surface area (Å²) in [6, 6.07) is 20.4. The van der Waals surface area contributed by atoms with Gasteiger partial charge >= 0.3 is 0 Å². The number of nitro groups is 2. The maximum absolute atomic E-state index is 13.3. The van der Waals surface area contributed by atoms with Crippen LogP contribution in [0.4, 0.5) is 11.4 Å². The number of aryl methyl sites for hydroxylation is 1. The lowest BCUT2D eigenvalue weighted by Gasteiger charge is -2.30. The van der Waals surface area contributed by atoms with Crippen molar-refractivity contribution in [2.24, 2.45) is 0 Å². The molecule has 0 atom stereocenters. The average molecular weight is 469 g/mol. The van der Waals surface area contributed by atoms with Crippen LogP contribution in [0, 0.1) is 27.2 Å². The zero-order chi connectivity index (χ0) is 24.9. The topological polar surface area (TPSA) is 107 Å². The monoisotopic (exact) mass is 469 g/mol. The number of carbonyl (C=O) groups is 1. The lowest BCUT2D eigenvalue weighted by molar-refractivity contribution is -0.385. The summed E-state index contributed by atoms with van der Waals surface area (Å²) < 4.78 is 0. The number of likely N-dealkylation sites (tertiary alicyclic amines) is 1. The molecule has 1 aliphatic heterocycles. The number of hydrogen-bond acceptors (Lipinski definition) is 6. The molecule has 176 valence electrons. The smallest absolute Gasteiger partial charge is 0.269 e. The molecule has 0 unspecified atom stereocenters. The van der Waals surface area contributed by atoms with E-state index in [1.165, 1.54) is 29.8 Å². The zero-order valence-corrected chi connectivity index (χ0v) is 19.1. The molecule has 0 bridgehead atoms. The second kappa shape index (κ2) is 10.2. The van der Waals surface area contributed by atoms with Crippen molar-refractivity contribution < 1.29 is 14.6 Å². The minimum Gasteiger partial charge on any atom is -0.290 e. The summed E-state index contributed by atoms with van der Waals surface area (Å²) in [5, 5.41) is 21.9. The van der Waals surface area contributed by atoms with Crippen molar-refractivity contribution in [3.05, 3.63) is 126 Å². The van der Waals surface area contributed by atoms with Gasteiger partial charge in [0.25, 0.3) is 11.4 Å². The van der Waals surface area contributed by atoms with E-state index in [1.807, 2.05) is 19.1 Å². The molecule has 8 nitrogen and oxygen atoms in total. The number of piperidine rings is 1. The fourth-order valence-electron chi connectivity index (χ4n) is 3.96. The third kappa shape index (κ3) is 5.93. The lowest BCUT2D eigenvalue weighted by Crippen LogP contribution is -2.37. The number of hydrogen-bond donors (Lipinski definition) is 0. The Morgan fingerprint density at radius 3 is 1.57 bits per heavy atom. The van der Waals surface area contributed by atoms with Gasteiger partial charge < -0.3 is 0 Å². The molecule has 3 aromatic rings. The van der Waals surface area contributed by atoms with Crippen LogP contribution >= 0.6 is 0 Å². The van der Waals surface area contributed by atoms with E-state index in [4.69, 9.17) is 0 Å². The van der Waals surface area contributed by atoms with Crippen molar-refractivity contribution in [3.63, 3.8) is 0 Å². The fraction of sp³-hybridized carbons (Fsp3) is 0.148. The van der Waals surface area contributed by atoms with E-state index in [9.17, 15) is 25.0 Å². The van der Waals surface area contributed by atoms with Crippen LogP contribution in [0.15, 0.2) is 83.9 Å². The molecule has 0 spiro atoms. The molecule has 0 amide bonds. The summed E-state index contributed by atoms with van der Waals surface area (Å²) in [7, 11) is 0. The molecule has 1 aliphatic rings. The van der Waals surface area contributed by atoms with Crippen molar-refractivity contribution in [1.82, 2.24) is 4.90 Å². The van der Waals surface area contributed by atoms with Gasteiger partial charge in [-0.15, -0.1) is 0 Å². The number of rotatable bonds is 6. The molecule has 0 saturated carbocycles. The Kier molecular flexibility index (Phi) is 6.93. The Labute approximate surface area is 202 Å². The number of nitro benzene ring substituents is 2. The van der Waals surface area contributed by atoms with Gasteiger partial charge in [-0.3, -0.25) is 29.9 Å². The zero-order valence-electron chi connectivity index (χ0n) is 19.1. The minimum absolute atomic E-state index is 0.0122. The quantitative estimate of drug-likeness (QED) is 0.273. The molecule has 0 aliphatic carbocycles. The first-order valence-electron chi connectivity index (χ1n) is 11.0. The van der Waals surface area contributed by atoms with E-state index in [0.717, 1.165) is 5.56 Å². The third-order valence-electron chi connectivity index (χ3n) is 5.79. The molecule has 3 aromatic carbocycles. The molecule has 8 heteroatoms. The first-order valence-corrected chi connectivity index (χ1v) is 11.0. The standard InChI is InChI=1S/C27H23N3O5/c1-19-2-4-22(5-3-19)16-28-17-23(14-20-6-10-25(11-7-20)29(32)33)27(31)24(18-28)15-21-8-12-26(13-9-21)30(34)35/h2-15H,16-18H2,1H3. The highest BCUT2D eigenvalue weighted by Gasteiger charge is 2.26. The first kappa shape index (κ1) is 23.7. The van der Waals surface area contributed by atoms with Crippen LogP contribution in [0.2, 0.25) is 0 Å². The van der Waals surface area contributed by atoms with Crippen molar-refractivity contribution in [1.29, 1.82) is 0 Å². The highest BCUT2D eigenvalue weighted by Crippen LogP contribution is 2.25. The van der Waals surface area contributed by atoms with Crippen molar-refractivity contribution >= 4 is 29.3 Å². The van der Waals surface area contributed by atoms with E-state index in [1.54, 1.807) is 36.4 Å². The fourth-order valence-corrected chi connectivity index (χ4v) is 3.96. The van der Waals surface area contributed by atoms with Gasteiger partial charge in [0, 0.05) is 55.0 Å². The van der Waals surface area contributed by atoms with Gasteiger partial charge in [-0.2, -0.15) is 0 Å².